The Kier molecular flexibility index (Phi) is 5.69. The maximum atomic E-state index is 13.1. The Morgan fingerprint density at radius 2 is 1.61 bits per heavy atom. The first kappa shape index (κ1) is 21.3. The Labute approximate surface area is 180 Å². The fraction of sp³-hybridized carbons (Fsp3) is 0.333. The van der Waals surface area contributed by atoms with Crippen LogP contribution in [0.4, 0.5) is 0 Å². The topological polar surface area (TPSA) is 105 Å². The number of piperazine rings is 1. The summed E-state index contributed by atoms with van der Waals surface area (Å²) in [5.74, 6) is 0.401. The van der Waals surface area contributed by atoms with Crippen LogP contribution in [0.3, 0.4) is 0 Å². The number of hydrogen-bond donors (Lipinski definition) is 1. The van der Waals surface area contributed by atoms with Crippen molar-refractivity contribution in [3.8, 4) is 11.5 Å². The van der Waals surface area contributed by atoms with Gasteiger partial charge >= 0.3 is 0 Å². The first-order valence-corrected chi connectivity index (χ1v) is 11.2. The first-order chi connectivity index (χ1) is 14.8. The van der Waals surface area contributed by atoms with Gasteiger partial charge in [-0.3, -0.25) is 19.8 Å². The molecular formula is C21H23N3O6S. The molecule has 0 atom stereocenters. The number of hydrogen-bond acceptors (Lipinski definition) is 7. The fourth-order valence-electron chi connectivity index (χ4n) is 3.83. The van der Waals surface area contributed by atoms with Gasteiger partial charge in [0.05, 0.1) is 30.2 Å². The van der Waals surface area contributed by atoms with Gasteiger partial charge in [0.2, 0.25) is 10.0 Å². The standard InChI is InChI=1S/C21H23N3O6S/c1-29-15-3-6-19(30-2)14(11-15)13-23-7-9-24(10-8-23)31(27,28)16-4-5-17-18(12-16)21(26)22-20(17)25/h3-6,11-12H,7-10,13H2,1-2H3,(H,22,25,26). The van der Waals surface area contributed by atoms with Crippen molar-refractivity contribution < 1.29 is 27.5 Å². The molecule has 2 aromatic carbocycles. The molecule has 4 rings (SSSR count). The van der Waals surface area contributed by atoms with E-state index in [-0.39, 0.29) is 16.0 Å². The highest BCUT2D eigenvalue weighted by Gasteiger charge is 2.32. The van der Waals surface area contributed by atoms with Crippen LogP contribution in [0.1, 0.15) is 26.3 Å². The van der Waals surface area contributed by atoms with E-state index in [0.717, 1.165) is 17.1 Å². The summed E-state index contributed by atoms with van der Waals surface area (Å²) in [6.07, 6.45) is 0. The quantitative estimate of drug-likeness (QED) is 0.664. The lowest BCUT2D eigenvalue weighted by Crippen LogP contribution is -2.48. The SMILES string of the molecule is COc1ccc(OC)c(CN2CCN(S(=O)(=O)c3ccc4c(c3)C(=O)NC4=O)CC2)c1. The van der Waals surface area contributed by atoms with Crippen LogP contribution < -0.4 is 14.8 Å². The second-order valence-electron chi connectivity index (χ2n) is 7.35. The Balaban J connectivity index is 1.46. The summed E-state index contributed by atoms with van der Waals surface area (Å²) >= 11 is 0. The molecule has 2 heterocycles. The van der Waals surface area contributed by atoms with Crippen molar-refractivity contribution in [1.29, 1.82) is 0 Å². The number of carbonyl (C=O) groups excluding carboxylic acids is 2. The van der Waals surface area contributed by atoms with E-state index in [1.165, 1.54) is 22.5 Å². The molecule has 31 heavy (non-hydrogen) atoms. The predicted molar refractivity (Wildman–Crippen MR) is 112 cm³/mol. The van der Waals surface area contributed by atoms with E-state index in [4.69, 9.17) is 9.47 Å². The minimum Gasteiger partial charge on any atom is -0.497 e. The Morgan fingerprint density at radius 3 is 2.29 bits per heavy atom. The number of amides is 2. The molecule has 2 aromatic rings. The van der Waals surface area contributed by atoms with Crippen LogP contribution in [0, 0.1) is 0 Å². The minimum atomic E-state index is -3.77. The Morgan fingerprint density at radius 1 is 0.903 bits per heavy atom. The first-order valence-electron chi connectivity index (χ1n) is 9.76. The van der Waals surface area contributed by atoms with Crippen molar-refractivity contribution in [2.45, 2.75) is 11.4 Å². The summed E-state index contributed by atoms with van der Waals surface area (Å²) < 4.78 is 38.3. The predicted octanol–water partition coefficient (Wildman–Crippen LogP) is 1.09. The lowest BCUT2D eigenvalue weighted by molar-refractivity contribution is 0.0879. The van der Waals surface area contributed by atoms with Crippen LogP contribution in [-0.4, -0.2) is 69.8 Å². The number of carbonyl (C=O) groups is 2. The van der Waals surface area contributed by atoms with Crippen molar-refractivity contribution in [3.05, 3.63) is 53.1 Å². The molecule has 0 unspecified atom stereocenters. The van der Waals surface area contributed by atoms with E-state index in [1.807, 2.05) is 18.2 Å². The van der Waals surface area contributed by atoms with Gasteiger partial charge < -0.3 is 9.47 Å². The van der Waals surface area contributed by atoms with E-state index in [0.29, 0.717) is 32.7 Å². The maximum absolute atomic E-state index is 13.1. The van der Waals surface area contributed by atoms with Gasteiger partial charge in [0.1, 0.15) is 11.5 Å². The van der Waals surface area contributed by atoms with Crippen molar-refractivity contribution in [2.24, 2.45) is 0 Å². The Bertz CT molecular complexity index is 1140. The Hall–Kier alpha value is -2.95. The number of sulfonamides is 1. The number of benzene rings is 2. The third-order valence-electron chi connectivity index (χ3n) is 5.56. The summed E-state index contributed by atoms with van der Waals surface area (Å²) in [5.41, 5.74) is 1.25. The van der Waals surface area contributed by atoms with Gasteiger partial charge in [0, 0.05) is 38.3 Å². The molecule has 0 radical (unpaired) electrons. The van der Waals surface area contributed by atoms with Crippen molar-refractivity contribution >= 4 is 21.8 Å². The second kappa shape index (κ2) is 8.29. The monoisotopic (exact) mass is 445 g/mol. The van der Waals surface area contributed by atoms with Gasteiger partial charge in [0.15, 0.2) is 0 Å². The lowest BCUT2D eigenvalue weighted by Gasteiger charge is -2.34. The molecule has 2 amide bonds. The number of imide groups is 1. The zero-order valence-electron chi connectivity index (χ0n) is 17.3. The third kappa shape index (κ3) is 4.01. The zero-order valence-corrected chi connectivity index (χ0v) is 18.1. The number of nitrogens with zero attached hydrogens (tertiary/aromatic N) is 2. The van der Waals surface area contributed by atoms with Crippen LogP contribution in [0.2, 0.25) is 0 Å². The molecule has 2 aliphatic heterocycles. The molecule has 0 aromatic heterocycles. The average Bonchev–Trinajstić information content (AvgIpc) is 3.07. The summed E-state index contributed by atoms with van der Waals surface area (Å²) in [6.45, 7) is 2.33. The zero-order chi connectivity index (χ0) is 22.2. The van der Waals surface area contributed by atoms with Gasteiger partial charge in [-0.2, -0.15) is 4.31 Å². The highest BCUT2D eigenvalue weighted by atomic mass is 32.2. The van der Waals surface area contributed by atoms with Crippen molar-refractivity contribution in [2.75, 3.05) is 40.4 Å². The maximum Gasteiger partial charge on any atom is 0.258 e. The van der Waals surface area contributed by atoms with E-state index in [9.17, 15) is 18.0 Å². The van der Waals surface area contributed by atoms with Gasteiger partial charge in [-0.05, 0) is 36.4 Å². The molecule has 9 nitrogen and oxygen atoms in total. The number of fused-ring (bicyclic) bond motifs is 1. The third-order valence-corrected chi connectivity index (χ3v) is 7.45. The van der Waals surface area contributed by atoms with Crippen LogP contribution in [0.25, 0.3) is 0 Å². The molecule has 0 saturated carbocycles. The molecule has 2 aliphatic rings. The van der Waals surface area contributed by atoms with Gasteiger partial charge in [-0.25, -0.2) is 8.42 Å². The molecular weight excluding hydrogens is 422 g/mol. The number of nitrogens with one attached hydrogen (secondary N) is 1. The summed E-state index contributed by atoms with van der Waals surface area (Å²) in [5, 5.41) is 2.17. The largest absolute Gasteiger partial charge is 0.497 e. The van der Waals surface area contributed by atoms with Gasteiger partial charge in [-0.15, -0.1) is 0 Å². The fourth-order valence-corrected chi connectivity index (χ4v) is 5.28. The second-order valence-corrected chi connectivity index (χ2v) is 9.29. The van der Waals surface area contributed by atoms with E-state index in [2.05, 4.69) is 10.2 Å². The molecule has 164 valence electrons. The molecule has 0 aliphatic carbocycles. The smallest absolute Gasteiger partial charge is 0.258 e. The highest BCUT2D eigenvalue weighted by Crippen LogP contribution is 2.27. The molecule has 1 saturated heterocycles. The number of methoxy groups -OCH3 is 2. The normalized spacial score (nSPS) is 17.4. The van der Waals surface area contributed by atoms with Gasteiger partial charge in [0.25, 0.3) is 11.8 Å². The molecule has 0 bridgehead atoms. The summed E-state index contributed by atoms with van der Waals surface area (Å²) in [7, 11) is -0.557. The van der Waals surface area contributed by atoms with Crippen LogP contribution in [0.15, 0.2) is 41.3 Å². The molecule has 0 spiro atoms. The van der Waals surface area contributed by atoms with E-state index in [1.54, 1.807) is 14.2 Å². The molecule has 1 N–H and O–H groups in total. The van der Waals surface area contributed by atoms with Crippen molar-refractivity contribution in [1.82, 2.24) is 14.5 Å². The van der Waals surface area contributed by atoms with Crippen LogP contribution in [-0.2, 0) is 16.6 Å². The number of ether oxygens (including phenoxy) is 2. The summed E-state index contributed by atoms with van der Waals surface area (Å²) in [6, 6.07) is 9.63. The summed E-state index contributed by atoms with van der Waals surface area (Å²) in [4.78, 5) is 25.7. The molecule has 10 heteroatoms. The van der Waals surface area contributed by atoms with E-state index >= 15 is 0 Å². The molecule has 1 fully saturated rings. The number of rotatable bonds is 6. The minimum absolute atomic E-state index is 0.0130. The lowest BCUT2D eigenvalue weighted by atomic mass is 10.1. The van der Waals surface area contributed by atoms with Crippen LogP contribution >= 0.6 is 0 Å². The van der Waals surface area contributed by atoms with E-state index < -0.39 is 21.8 Å². The van der Waals surface area contributed by atoms with Crippen molar-refractivity contribution in [3.63, 3.8) is 0 Å². The highest BCUT2D eigenvalue weighted by molar-refractivity contribution is 7.89. The average molecular weight is 445 g/mol. The van der Waals surface area contributed by atoms with Crippen LogP contribution in [0.5, 0.6) is 11.5 Å². The van der Waals surface area contributed by atoms with Gasteiger partial charge in [-0.1, -0.05) is 0 Å².